The van der Waals surface area contributed by atoms with Crippen LogP contribution in [0.25, 0.3) is 11.8 Å². The molecule has 0 aliphatic heterocycles. The number of nitrogens with zero attached hydrogens (tertiary/aromatic N) is 1. The number of hydrogen-bond donors (Lipinski definition) is 7. The molecule has 8 N–H and O–H groups in total. The number of benzene rings is 1. The number of ketones is 2. The lowest BCUT2D eigenvalue weighted by molar-refractivity contribution is -0.174. The van der Waals surface area contributed by atoms with Gasteiger partial charge in [0.2, 0.25) is 5.78 Å². The predicted molar refractivity (Wildman–Crippen MR) is 191 cm³/mol. The van der Waals surface area contributed by atoms with E-state index in [4.69, 9.17) is 19.9 Å². The summed E-state index contributed by atoms with van der Waals surface area (Å²) in [5, 5.41) is 68.5. The Morgan fingerprint density at radius 1 is 0.945 bits per heavy atom. The number of phenols is 1. The number of nitrogens with two attached hydrogens (primary N) is 1. The zero-order valence-corrected chi connectivity index (χ0v) is 30.4. The van der Waals surface area contributed by atoms with E-state index in [1.165, 1.54) is 55.4 Å². The molecule has 55 heavy (non-hydrogen) atoms. The third-order valence-corrected chi connectivity index (χ3v) is 9.87. The normalized spacial score (nSPS) is 24.9. The topological polar surface area (TPSA) is 281 Å². The van der Waals surface area contributed by atoms with Crippen molar-refractivity contribution in [2.45, 2.75) is 55.5 Å². The van der Waals surface area contributed by atoms with Gasteiger partial charge in [0.15, 0.2) is 17.0 Å². The number of hydrogen-bond acceptors (Lipinski definition) is 16. The lowest BCUT2D eigenvalue weighted by Crippen LogP contribution is -2.70. The smallest absolute Gasteiger partial charge is 0.309 e. The van der Waals surface area contributed by atoms with Crippen LogP contribution in [0.5, 0.6) is 5.75 Å². The fourth-order valence-corrected chi connectivity index (χ4v) is 7.23. The largest absolute Gasteiger partial charge is 0.508 e. The summed E-state index contributed by atoms with van der Waals surface area (Å²) in [6.07, 6.45) is 2.60. The van der Waals surface area contributed by atoms with E-state index in [9.17, 15) is 59.4 Å². The molecule has 1 saturated carbocycles. The van der Waals surface area contributed by atoms with E-state index < -0.39 is 131 Å². The van der Waals surface area contributed by atoms with Crippen LogP contribution in [0.15, 0.2) is 60.4 Å². The van der Waals surface area contributed by atoms with Crippen molar-refractivity contribution in [3.8, 4) is 5.75 Å². The summed E-state index contributed by atoms with van der Waals surface area (Å²) < 4.78 is 15.1. The number of aromatic hydroxyl groups is 1. The number of carbonyl (C=O) groups excluding carboxylic acids is 6. The fourth-order valence-electron chi connectivity index (χ4n) is 7.23. The van der Waals surface area contributed by atoms with Gasteiger partial charge >= 0.3 is 17.9 Å². The van der Waals surface area contributed by atoms with Crippen LogP contribution in [-0.4, -0.2) is 128 Å². The summed E-state index contributed by atoms with van der Waals surface area (Å²) >= 11 is 0. The van der Waals surface area contributed by atoms with Crippen molar-refractivity contribution in [2.24, 2.45) is 17.6 Å². The fraction of sp³-hybridized carbons (Fsp3) is 0.421. The molecule has 6 atom stereocenters. The minimum absolute atomic E-state index is 0.0409. The van der Waals surface area contributed by atoms with Crippen LogP contribution in [0.3, 0.4) is 0 Å². The van der Waals surface area contributed by atoms with Crippen molar-refractivity contribution in [1.29, 1.82) is 0 Å². The van der Waals surface area contributed by atoms with E-state index in [-0.39, 0.29) is 29.5 Å². The molecule has 1 amide bonds. The van der Waals surface area contributed by atoms with Crippen LogP contribution in [0, 0.1) is 11.8 Å². The Morgan fingerprint density at radius 2 is 1.47 bits per heavy atom. The first-order valence-electron chi connectivity index (χ1n) is 17.0. The second kappa shape index (κ2) is 16.4. The van der Waals surface area contributed by atoms with Crippen LogP contribution in [0.4, 0.5) is 0 Å². The Kier molecular flexibility index (Phi) is 12.6. The number of ether oxygens (including phenoxy) is 3. The molecule has 17 heteroatoms. The molecule has 4 rings (SSSR count). The second-order valence-electron chi connectivity index (χ2n) is 13.8. The van der Waals surface area contributed by atoms with Crippen molar-refractivity contribution >= 4 is 47.2 Å². The van der Waals surface area contributed by atoms with Crippen LogP contribution in [-0.2, 0) is 43.0 Å². The maximum atomic E-state index is 14.2. The Bertz CT molecular complexity index is 1880. The zero-order valence-electron chi connectivity index (χ0n) is 30.4. The van der Waals surface area contributed by atoms with Gasteiger partial charge in [-0.25, -0.2) is 0 Å². The van der Waals surface area contributed by atoms with Gasteiger partial charge in [0.1, 0.15) is 42.7 Å². The SMILES string of the molecule is C=CCC(=O)OCC(O)(COC(=O)CC=C)COC(=O)C/C=C/c1ccc2c(c1O)C(O)=C1C(=O)[C@@]3(O)C(O)=C(C(N)=O)C(=O)[C@H](N(C)C)[C@H]3[C@H](O)[C@H]1[C@@H]2C. The number of amides is 1. The average molecular weight is 769 g/mol. The number of fused-ring (bicyclic) bond motifs is 3. The minimum atomic E-state index is -3.07. The minimum Gasteiger partial charge on any atom is -0.508 e. The Balaban J connectivity index is 1.61. The number of rotatable bonds is 15. The third kappa shape index (κ3) is 7.82. The highest BCUT2D eigenvalue weighted by Gasteiger charge is 2.68. The first-order valence-corrected chi connectivity index (χ1v) is 17.0. The molecular formula is C38H44N2O15. The van der Waals surface area contributed by atoms with Crippen molar-refractivity contribution in [2.75, 3.05) is 33.9 Å². The van der Waals surface area contributed by atoms with Crippen molar-refractivity contribution in [3.05, 3.63) is 77.1 Å². The number of carbonyl (C=O) groups is 6. The summed E-state index contributed by atoms with van der Waals surface area (Å²) in [7, 11) is 2.82. The maximum Gasteiger partial charge on any atom is 0.309 e. The number of aliphatic hydroxyl groups is 5. The Morgan fingerprint density at radius 3 is 1.96 bits per heavy atom. The van der Waals surface area contributed by atoms with Crippen LogP contribution >= 0.6 is 0 Å². The molecule has 0 unspecified atom stereocenters. The van der Waals surface area contributed by atoms with Gasteiger partial charge in [-0.05, 0) is 25.6 Å². The highest BCUT2D eigenvalue weighted by molar-refractivity contribution is 6.24. The Hall–Kier alpha value is -5.62. The van der Waals surface area contributed by atoms with E-state index in [0.717, 1.165) is 0 Å². The highest BCUT2D eigenvalue weighted by Crippen LogP contribution is 2.56. The van der Waals surface area contributed by atoms with Gasteiger partial charge in [0.25, 0.3) is 5.91 Å². The van der Waals surface area contributed by atoms with Gasteiger partial charge in [-0.15, -0.1) is 13.2 Å². The van der Waals surface area contributed by atoms with Crippen LogP contribution in [0.1, 0.15) is 48.8 Å². The van der Waals surface area contributed by atoms with Gasteiger partial charge in [-0.2, -0.15) is 0 Å². The van der Waals surface area contributed by atoms with Crippen LogP contribution < -0.4 is 5.73 Å². The molecule has 1 aromatic carbocycles. The summed E-state index contributed by atoms with van der Waals surface area (Å²) in [5.74, 6) is -12.6. The summed E-state index contributed by atoms with van der Waals surface area (Å²) in [4.78, 5) is 77.3. The summed E-state index contributed by atoms with van der Waals surface area (Å²) in [6, 6.07) is 1.45. The number of Topliss-reactive ketones (excluding diaryl/α,β-unsaturated/α-hetero) is 2. The van der Waals surface area contributed by atoms with Gasteiger partial charge < -0.3 is 50.6 Å². The lowest BCUT2D eigenvalue weighted by atomic mass is 9.54. The van der Waals surface area contributed by atoms with E-state index in [1.54, 1.807) is 6.92 Å². The molecule has 0 heterocycles. The first kappa shape index (κ1) is 42.1. The summed E-state index contributed by atoms with van der Waals surface area (Å²) in [5.41, 5.74) is -1.34. The monoisotopic (exact) mass is 768 g/mol. The van der Waals surface area contributed by atoms with Crippen molar-refractivity contribution in [1.82, 2.24) is 4.90 Å². The number of primary amides is 1. The van der Waals surface area contributed by atoms with Gasteiger partial charge in [-0.1, -0.05) is 43.4 Å². The molecule has 17 nitrogen and oxygen atoms in total. The molecular weight excluding hydrogens is 724 g/mol. The molecule has 0 saturated heterocycles. The summed E-state index contributed by atoms with van der Waals surface area (Å²) in [6.45, 7) is 6.31. The predicted octanol–water partition coefficient (Wildman–Crippen LogP) is 0.412. The molecule has 3 aliphatic rings. The third-order valence-electron chi connectivity index (χ3n) is 9.87. The molecule has 0 spiro atoms. The zero-order chi connectivity index (χ0) is 41.2. The number of esters is 3. The van der Waals surface area contributed by atoms with Crippen molar-refractivity contribution in [3.63, 3.8) is 0 Å². The Labute approximate surface area is 315 Å². The van der Waals surface area contributed by atoms with Gasteiger partial charge in [0, 0.05) is 17.1 Å². The first-order chi connectivity index (χ1) is 25.8. The maximum absolute atomic E-state index is 14.2. The van der Waals surface area contributed by atoms with E-state index >= 15 is 0 Å². The molecule has 1 aromatic rings. The number of likely N-dealkylation sites (N-methyl/N-ethyl adjacent to an activating group) is 1. The van der Waals surface area contributed by atoms with Crippen molar-refractivity contribution < 1.29 is 73.6 Å². The molecule has 0 aromatic heterocycles. The molecule has 296 valence electrons. The average Bonchev–Trinajstić information content (AvgIpc) is 3.11. The number of aliphatic hydroxyl groups excluding tert-OH is 3. The molecule has 1 fully saturated rings. The van der Waals surface area contributed by atoms with E-state index in [0.29, 0.717) is 0 Å². The number of phenolic OH excluding ortho intramolecular Hbond substituents is 1. The lowest BCUT2D eigenvalue weighted by Gasteiger charge is -2.53. The standard InChI is InChI=1S/C38H44N2O15/c1-6-9-21(41)53-15-37(51,16-54-22(42)10-7-2)17-55-23(43)12-8-11-19-13-14-20-18(3)24-26(31(45)25(20)30(19)44)34(48)38(52)28(32(24)46)29(40(4)5)33(47)27(35(38)49)36(39)50/h6-8,11,13-14,18,24,28-29,32,44-46,49,51-52H,1-2,9-10,12,15-17H2,3-5H3,(H2,39,50)/b11-8+/t18-,24+,28+,29-,32-,38-/m1/s1. The molecule has 0 bridgehead atoms. The second-order valence-corrected chi connectivity index (χ2v) is 13.8. The van der Waals surface area contributed by atoms with E-state index in [1.807, 2.05) is 0 Å². The quantitative estimate of drug-likeness (QED) is 0.0551. The van der Waals surface area contributed by atoms with Crippen LogP contribution in [0.2, 0.25) is 0 Å². The highest BCUT2D eigenvalue weighted by atomic mass is 16.6. The molecule has 0 radical (unpaired) electrons. The van der Waals surface area contributed by atoms with Gasteiger partial charge in [0.05, 0.1) is 42.9 Å². The van der Waals surface area contributed by atoms with E-state index in [2.05, 4.69) is 13.2 Å². The molecule has 3 aliphatic carbocycles. The van der Waals surface area contributed by atoms with Gasteiger partial charge in [-0.3, -0.25) is 33.7 Å².